The summed E-state index contributed by atoms with van der Waals surface area (Å²) in [6, 6.07) is 7.35. The summed E-state index contributed by atoms with van der Waals surface area (Å²) >= 11 is 5.63. The van der Waals surface area contributed by atoms with Crippen molar-refractivity contribution in [3.05, 3.63) is 47.2 Å². The molecule has 18 heavy (non-hydrogen) atoms. The lowest BCUT2D eigenvalue weighted by atomic mass is 10.1. The molecule has 0 bridgehead atoms. The topological polar surface area (TPSA) is 88.2 Å². The average Bonchev–Trinajstić information content (AvgIpc) is 2.35. The Morgan fingerprint density at radius 3 is 2.78 bits per heavy atom. The molecule has 6 heteroatoms. The lowest BCUT2D eigenvalue weighted by Crippen LogP contribution is -2.14. The number of hydrogen-bond acceptors (Lipinski definition) is 4. The number of anilines is 2. The zero-order valence-corrected chi connectivity index (χ0v) is 9.98. The van der Waals surface area contributed by atoms with Crippen molar-refractivity contribution in [2.45, 2.75) is 0 Å². The Balaban J connectivity index is 2.21. The number of hydrogen-bond donors (Lipinski definition) is 3. The quantitative estimate of drug-likeness (QED) is 0.441. The van der Waals surface area contributed by atoms with Gasteiger partial charge in [-0.05, 0) is 30.3 Å². The van der Waals surface area contributed by atoms with Crippen molar-refractivity contribution in [3.8, 4) is 5.75 Å². The Hall–Kier alpha value is -2.27. The molecule has 0 fully saturated rings. The van der Waals surface area contributed by atoms with Gasteiger partial charge in [0.2, 0.25) is 0 Å². The first-order chi connectivity index (χ1) is 8.56. The number of carbonyl (C=O) groups is 1. The molecule has 0 saturated carbocycles. The van der Waals surface area contributed by atoms with Gasteiger partial charge in [0.05, 0.1) is 17.4 Å². The van der Waals surface area contributed by atoms with Crippen molar-refractivity contribution in [1.29, 1.82) is 0 Å². The molecular weight excluding hydrogens is 254 g/mol. The maximum atomic E-state index is 11.9. The van der Waals surface area contributed by atoms with Gasteiger partial charge >= 0.3 is 0 Å². The summed E-state index contributed by atoms with van der Waals surface area (Å²) in [5, 5.41) is 12.3. The Morgan fingerprint density at radius 1 is 1.33 bits per heavy atom. The molecule has 0 unspecified atom stereocenters. The minimum atomic E-state index is -0.424. The van der Waals surface area contributed by atoms with Crippen molar-refractivity contribution in [1.82, 2.24) is 4.98 Å². The first-order valence-corrected chi connectivity index (χ1v) is 5.45. The number of phenolic OH excluding ortho intramolecular Hbond substituents is 1. The van der Waals surface area contributed by atoms with Gasteiger partial charge in [-0.2, -0.15) is 0 Å². The number of rotatable bonds is 2. The highest BCUT2D eigenvalue weighted by Gasteiger charge is 2.11. The molecule has 0 aliphatic rings. The molecule has 0 radical (unpaired) electrons. The fraction of sp³-hybridized carbons (Fsp3) is 0. The number of phenols is 1. The third-order valence-electron chi connectivity index (χ3n) is 2.27. The van der Waals surface area contributed by atoms with Crippen LogP contribution < -0.4 is 11.1 Å². The van der Waals surface area contributed by atoms with Crippen LogP contribution >= 0.6 is 11.6 Å². The fourth-order valence-electron chi connectivity index (χ4n) is 1.39. The van der Waals surface area contributed by atoms with E-state index in [4.69, 9.17) is 17.3 Å². The molecule has 2 aromatic rings. The summed E-state index contributed by atoms with van der Waals surface area (Å²) in [7, 11) is 0. The summed E-state index contributed by atoms with van der Waals surface area (Å²) < 4.78 is 0. The summed E-state index contributed by atoms with van der Waals surface area (Å²) in [4.78, 5) is 15.7. The first-order valence-electron chi connectivity index (χ1n) is 5.07. The van der Waals surface area contributed by atoms with Crippen molar-refractivity contribution >= 4 is 28.9 Å². The normalized spacial score (nSPS) is 10.1. The van der Waals surface area contributed by atoms with Gasteiger partial charge in [0, 0.05) is 5.69 Å². The molecule has 1 aromatic carbocycles. The smallest absolute Gasteiger partial charge is 0.257 e. The second-order valence-electron chi connectivity index (χ2n) is 3.60. The maximum Gasteiger partial charge on any atom is 0.257 e. The molecule has 0 aliphatic heterocycles. The molecule has 0 saturated heterocycles. The van der Waals surface area contributed by atoms with E-state index in [1.54, 1.807) is 12.1 Å². The van der Waals surface area contributed by atoms with Gasteiger partial charge in [-0.15, -0.1) is 0 Å². The summed E-state index contributed by atoms with van der Waals surface area (Å²) in [6.45, 7) is 0. The molecule has 1 heterocycles. The van der Waals surface area contributed by atoms with Crippen LogP contribution in [-0.4, -0.2) is 16.0 Å². The van der Waals surface area contributed by atoms with Crippen molar-refractivity contribution in [2.75, 3.05) is 11.1 Å². The zero-order valence-electron chi connectivity index (χ0n) is 9.22. The molecule has 92 valence electrons. The zero-order chi connectivity index (χ0) is 13.1. The van der Waals surface area contributed by atoms with E-state index < -0.39 is 5.91 Å². The third-order valence-corrected chi connectivity index (χ3v) is 2.49. The number of pyridine rings is 1. The monoisotopic (exact) mass is 263 g/mol. The highest BCUT2D eigenvalue weighted by molar-refractivity contribution is 6.29. The van der Waals surface area contributed by atoms with Crippen LogP contribution in [-0.2, 0) is 0 Å². The van der Waals surface area contributed by atoms with Gasteiger partial charge in [-0.25, -0.2) is 4.98 Å². The number of nitrogens with zero attached hydrogens (tertiary/aromatic N) is 1. The Kier molecular flexibility index (Phi) is 3.34. The number of amides is 1. The number of benzene rings is 1. The van der Waals surface area contributed by atoms with Crippen LogP contribution in [0.3, 0.4) is 0 Å². The molecule has 2 rings (SSSR count). The van der Waals surface area contributed by atoms with Gasteiger partial charge in [-0.1, -0.05) is 11.6 Å². The SMILES string of the molecule is Nc1ccc(O)cc1C(=O)Nc1ccc(Cl)nc1. The van der Waals surface area contributed by atoms with Gasteiger partial charge in [-0.3, -0.25) is 4.79 Å². The van der Waals surface area contributed by atoms with E-state index in [2.05, 4.69) is 10.3 Å². The highest BCUT2D eigenvalue weighted by Crippen LogP contribution is 2.20. The van der Waals surface area contributed by atoms with Crippen LogP contribution in [0.2, 0.25) is 5.15 Å². The van der Waals surface area contributed by atoms with Crippen molar-refractivity contribution in [2.24, 2.45) is 0 Å². The molecule has 4 N–H and O–H groups in total. The van der Waals surface area contributed by atoms with E-state index in [-0.39, 0.29) is 17.0 Å². The fourth-order valence-corrected chi connectivity index (χ4v) is 1.50. The van der Waals surface area contributed by atoms with E-state index in [1.807, 2.05) is 0 Å². The second-order valence-corrected chi connectivity index (χ2v) is 3.98. The van der Waals surface area contributed by atoms with Crippen LogP contribution in [0.15, 0.2) is 36.5 Å². The lowest BCUT2D eigenvalue weighted by molar-refractivity contribution is 0.102. The molecule has 0 spiro atoms. The molecular formula is C12H10ClN3O2. The summed E-state index contributed by atoms with van der Waals surface area (Å²) in [6.07, 6.45) is 1.43. The van der Waals surface area contributed by atoms with Crippen molar-refractivity contribution in [3.63, 3.8) is 0 Å². The molecule has 1 amide bonds. The number of aromatic nitrogens is 1. The Bertz CT molecular complexity index is 584. The van der Waals surface area contributed by atoms with Gasteiger partial charge in [0.15, 0.2) is 0 Å². The highest BCUT2D eigenvalue weighted by atomic mass is 35.5. The predicted octanol–water partition coefficient (Wildman–Crippen LogP) is 2.28. The molecule has 0 atom stereocenters. The third kappa shape index (κ3) is 2.70. The van der Waals surface area contributed by atoms with Crippen LogP contribution in [0.4, 0.5) is 11.4 Å². The number of nitrogens with one attached hydrogen (secondary N) is 1. The largest absolute Gasteiger partial charge is 0.508 e. The molecule has 5 nitrogen and oxygen atoms in total. The number of nitrogens with two attached hydrogens (primary N) is 1. The van der Waals surface area contributed by atoms with Crippen molar-refractivity contribution < 1.29 is 9.90 Å². The van der Waals surface area contributed by atoms with Gasteiger partial charge < -0.3 is 16.2 Å². The summed E-state index contributed by atoms with van der Waals surface area (Å²) in [5.74, 6) is -0.448. The van der Waals surface area contributed by atoms with Gasteiger partial charge in [0.1, 0.15) is 10.9 Å². The van der Waals surface area contributed by atoms with Crippen LogP contribution in [0.25, 0.3) is 0 Å². The predicted molar refractivity (Wildman–Crippen MR) is 69.7 cm³/mol. The average molecular weight is 264 g/mol. The van der Waals surface area contributed by atoms with Crippen LogP contribution in [0, 0.1) is 0 Å². The number of halogens is 1. The minimum absolute atomic E-state index is 0.0245. The van der Waals surface area contributed by atoms with Gasteiger partial charge in [0.25, 0.3) is 5.91 Å². The van der Waals surface area contributed by atoms with E-state index in [9.17, 15) is 9.90 Å². The lowest BCUT2D eigenvalue weighted by Gasteiger charge is -2.07. The Labute approximate surface area is 108 Å². The number of aromatic hydroxyl groups is 1. The second kappa shape index (κ2) is 4.93. The Morgan fingerprint density at radius 2 is 2.11 bits per heavy atom. The number of nitrogen functional groups attached to an aromatic ring is 1. The minimum Gasteiger partial charge on any atom is -0.508 e. The first kappa shape index (κ1) is 12.2. The van der Waals surface area contributed by atoms with E-state index in [0.717, 1.165) is 0 Å². The van der Waals surface area contributed by atoms with E-state index in [0.29, 0.717) is 10.8 Å². The standard InChI is InChI=1S/C12H10ClN3O2/c13-11-4-1-7(6-15-11)16-12(18)9-5-8(17)2-3-10(9)14/h1-6,17H,14H2,(H,16,18). The van der Waals surface area contributed by atoms with E-state index in [1.165, 1.54) is 24.4 Å². The maximum absolute atomic E-state index is 11.9. The van der Waals surface area contributed by atoms with Crippen LogP contribution in [0.5, 0.6) is 5.75 Å². The molecule has 1 aromatic heterocycles. The number of carbonyl (C=O) groups excluding carboxylic acids is 1. The van der Waals surface area contributed by atoms with E-state index >= 15 is 0 Å². The molecule has 0 aliphatic carbocycles. The van der Waals surface area contributed by atoms with Crippen LogP contribution in [0.1, 0.15) is 10.4 Å². The summed E-state index contributed by atoms with van der Waals surface area (Å²) in [5.41, 5.74) is 6.64.